The van der Waals surface area contributed by atoms with Gasteiger partial charge in [-0.05, 0) is 31.2 Å². The van der Waals surface area contributed by atoms with Crippen LogP contribution in [0.15, 0.2) is 29.6 Å². The Kier molecular flexibility index (Phi) is 7.42. The lowest BCUT2D eigenvalue weighted by molar-refractivity contribution is -0.137. The van der Waals surface area contributed by atoms with Crippen LogP contribution in [0.5, 0.6) is 0 Å². The third-order valence-corrected chi connectivity index (χ3v) is 6.23. The van der Waals surface area contributed by atoms with Crippen LogP contribution in [0.3, 0.4) is 0 Å². The maximum Gasteiger partial charge on any atom is 0.229 e. The summed E-state index contributed by atoms with van der Waals surface area (Å²) in [5.74, 6) is 0.137. The van der Waals surface area contributed by atoms with Crippen LogP contribution in [0.1, 0.15) is 52.0 Å². The van der Waals surface area contributed by atoms with Crippen molar-refractivity contribution in [2.75, 3.05) is 18.4 Å². The molecule has 1 aliphatic heterocycles. The molecule has 1 aromatic heterocycles. The summed E-state index contributed by atoms with van der Waals surface area (Å²) < 4.78 is 0. The molecule has 0 radical (unpaired) electrons. The van der Waals surface area contributed by atoms with Crippen LogP contribution in [0.25, 0.3) is 11.3 Å². The second-order valence-electron chi connectivity index (χ2n) is 8.08. The molecule has 6 heteroatoms. The zero-order valence-corrected chi connectivity index (χ0v) is 18.4. The van der Waals surface area contributed by atoms with E-state index in [1.165, 1.54) is 29.7 Å². The fraction of sp³-hybridized carbons (Fsp3) is 0.522. The van der Waals surface area contributed by atoms with E-state index >= 15 is 0 Å². The molecule has 0 bridgehead atoms. The molecule has 2 heterocycles. The van der Waals surface area contributed by atoms with E-state index in [0.29, 0.717) is 31.1 Å². The van der Waals surface area contributed by atoms with Crippen LogP contribution < -0.4 is 5.32 Å². The smallest absolute Gasteiger partial charge is 0.229 e. The van der Waals surface area contributed by atoms with Gasteiger partial charge in [0.15, 0.2) is 5.13 Å². The molecule has 0 atom stereocenters. The monoisotopic (exact) mass is 413 g/mol. The van der Waals surface area contributed by atoms with Gasteiger partial charge in [0.2, 0.25) is 11.8 Å². The fourth-order valence-electron chi connectivity index (χ4n) is 3.62. The number of aromatic nitrogens is 1. The molecule has 1 N–H and O–H groups in total. The van der Waals surface area contributed by atoms with Crippen LogP contribution in [-0.4, -0.2) is 34.8 Å². The molecule has 0 saturated carbocycles. The lowest BCUT2D eigenvalue weighted by Gasteiger charge is -2.32. The molecule has 2 aromatic rings. The highest BCUT2D eigenvalue weighted by atomic mass is 32.1. The van der Waals surface area contributed by atoms with Crippen LogP contribution in [0.2, 0.25) is 0 Å². The van der Waals surface area contributed by atoms with Crippen molar-refractivity contribution in [3.8, 4) is 11.3 Å². The highest BCUT2D eigenvalue weighted by Crippen LogP contribution is 2.27. The van der Waals surface area contributed by atoms with E-state index in [9.17, 15) is 9.59 Å². The largest absolute Gasteiger partial charge is 0.342 e. The average Bonchev–Trinajstić information content (AvgIpc) is 3.20. The summed E-state index contributed by atoms with van der Waals surface area (Å²) in [4.78, 5) is 31.2. The Labute approximate surface area is 177 Å². The first kappa shape index (κ1) is 21.5. The van der Waals surface area contributed by atoms with Gasteiger partial charge >= 0.3 is 0 Å². The Bertz CT molecular complexity index is 821. The highest BCUT2D eigenvalue weighted by molar-refractivity contribution is 7.14. The molecule has 1 saturated heterocycles. The fourth-order valence-corrected chi connectivity index (χ4v) is 4.34. The predicted octanol–water partition coefficient (Wildman–Crippen LogP) is 4.99. The van der Waals surface area contributed by atoms with Crippen LogP contribution in [0.4, 0.5) is 5.13 Å². The molecule has 29 heavy (non-hydrogen) atoms. The maximum atomic E-state index is 12.6. The molecule has 3 rings (SSSR count). The summed E-state index contributed by atoms with van der Waals surface area (Å²) in [6, 6.07) is 8.53. The third-order valence-electron chi connectivity index (χ3n) is 5.47. The first-order valence-electron chi connectivity index (χ1n) is 10.6. The second kappa shape index (κ2) is 10.0. The zero-order valence-electron chi connectivity index (χ0n) is 17.6. The van der Waals surface area contributed by atoms with E-state index in [-0.39, 0.29) is 23.7 Å². The number of hydrogen-bond donors (Lipinski definition) is 1. The molecule has 1 fully saturated rings. The summed E-state index contributed by atoms with van der Waals surface area (Å²) >= 11 is 1.46. The number of anilines is 1. The van der Waals surface area contributed by atoms with Crippen molar-refractivity contribution in [2.24, 2.45) is 11.8 Å². The van der Waals surface area contributed by atoms with Crippen molar-refractivity contribution in [1.82, 2.24) is 9.88 Å². The van der Waals surface area contributed by atoms with E-state index in [2.05, 4.69) is 41.5 Å². The Hall–Kier alpha value is -2.21. The number of unbranched alkanes of at least 4 members (excludes halogenated alkanes) is 1. The summed E-state index contributed by atoms with van der Waals surface area (Å²) in [6.45, 7) is 7.35. The number of nitrogens with zero attached hydrogens (tertiary/aromatic N) is 2. The van der Waals surface area contributed by atoms with Crippen LogP contribution in [-0.2, 0) is 16.0 Å². The first-order valence-corrected chi connectivity index (χ1v) is 11.5. The lowest BCUT2D eigenvalue weighted by atomic mass is 9.95. The standard InChI is InChI=1S/C23H31N3O2S/c1-4-5-6-17-7-9-18(10-8-17)20-15-29-23(24-20)25-21(27)19-11-13-26(14-12-19)22(28)16(2)3/h7-10,15-16,19H,4-6,11-14H2,1-3H3,(H,24,25,27). The minimum atomic E-state index is -0.0589. The molecule has 1 aromatic carbocycles. The number of carbonyl (C=O) groups is 2. The summed E-state index contributed by atoms with van der Waals surface area (Å²) in [7, 11) is 0. The third kappa shape index (κ3) is 5.66. The SMILES string of the molecule is CCCCc1ccc(-c2csc(NC(=O)C3CCN(C(=O)C(C)C)CC3)n2)cc1. The van der Waals surface area contributed by atoms with Crippen molar-refractivity contribution >= 4 is 28.3 Å². The number of rotatable bonds is 7. The van der Waals surface area contributed by atoms with E-state index in [4.69, 9.17) is 0 Å². The molecule has 5 nitrogen and oxygen atoms in total. The molecule has 1 aliphatic rings. The molecule has 0 unspecified atom stereocenters. The Morgan fingerprint density at radius 2 is 1.90 bits per heavy atom. The van der Waals surface area contributed by atoms with Crippen molar-refractivity contribution < 1.29 is 9.59 Å². The average molecular weight is 414 g/mol. The molecule has 2 amide bonds. The van der Waals surface area contributed by atoms with Gasteiger partial charge < -0.3 is 10.2 Å². The number of nitrogens with one attached hydrogen (secondary N) is 1. The lowest BCUT2D eigenvalue weighted by Crippen LogP contribution is -2.43. The highest BCUT2D eigenvalue weighted by Gasteiger charge is 2.28. The van der Waals surface area contributed by atoms with Gasteiger partial charge in [0.05, 0.1) is 5.69 Å². The molecule has 156 valence electrons. The van der Waals surface area contributed by atoms with Gasteiger partial charge in [-0.3, -0.25) is 9.59 Å². The number of likely N-dealkylation sites (tertiary alicyclic amines) is 1. The predicted molar refractivity (Wildman–Crippen MR) is 119 cm³/mol. The minimum absolute atomic E-state index is 0.00910. The zero-order chi connectivity index (χ0) is 20.8. The van der Waals surface area contributed by atoms with E-state index in [0.717, 1.165) is 17.7 Å². The Morgan fingerprint density at radius 1 is 1.21 bits per heavy atom. The molecular formula is C23H31N3O2S. The van der Waals surface area contributed by atoms with Gasteiger partial charge in [0.25, 0.3) is 0 Å². The Morgan fingerprint density at radius 3 is 2.52 bits per heavy atom. The number of thiazole rings is 1. The van der Waals surface area contributed by atoms with Crippen molar-refractivity contribution in [1.29, 1.82) is 0 Å². The van der Waals surface area contributed by atoms with Gasteiger partial charge in [-0.2, -0.15) is 0 Å². The topological polar surface area (TPSA) is 62.3 Å². The van der Waals surface area contributed by atoms with Gasteiger partial charge in [-0.25, -0.2) is 4.98 Å². The second-order valence-corrected chi connectivity index (χ2v) is 8.94. The van der Waals surface area contributed by atoms with Gasteiger partial charge in [0, 0.05) is 35.9 Å². The number of aryl methyl sites for hydroxylation is 1. The van der Waals surface area contributed by atoms with Gasteiger partial charge in [-0.1, -0.05) is 51.5 Å². The molecular weight excluding hydrogens is 382 g/mol. The Balaban J connectivity index is 1.53. The quantitative estimate of drug-likeness (QED) is 0.696. The number of benzene rings is 1. The number of carbonyl (C=O) groups excluding carboxylic acids is 2. The van der Waals surface area contributed by atoms with Crippen molar-refractivity contribution in [3.63, 3.8) is 0 Å². The van der Waals surface area contributed by atoms with Crippen LogP contribution >= 0.6 is 11.3 Å². The van der Waals surface area contributed by atoms with E-state index in [1.54, 1.807) is 0 Å². The maximum absolute atomic E-state index is 12.6. The summed E-state index contributed by atoms with van der Waals surface area (Å²) in [5.41, 5.74) is 3.31. The summed E-state index contributed by atoms with van der Waals surface area (Å²) in [6.07, 6.45) is 4.93. The van der Waals surface area contributed by atoms with E-state index < -0.39 is 0 Å². The normalized spacial score (nSPS) is 15.0. The number of amides is 2. The molecule has 0 spiro atoms. The van der Waals surface area contributed by atoms with Gasteiger partial charge in [-0.15, -0.1) is 11.3 Å². The first-order chi connectivity index (χ1) is 14.0. The summed E-state index contributed by atoms with van der Waals surface area (Å²) in [5, 5.41) is 5.60. The minimum Gasteiger partial charge on any atom is -0.342 e. The van der Waals surface area contributed by atoms with Crippen molar-refractivity contribution in [3.05, 3.63) is 35.2 Å². The van der Waals surface area contributed by atoms with E-state index in [1.807, 2.05) is 24.1 Å². The van der Waals surface area contributed by atoms with Gasteiger partial charge in [0.1, 0.15) is 0 Å². The molecule has 0 aliphatic carbocycles. The number of hydrogen-bond acceptors (Lipinski definition) is 4. The number of piperidine rings is 1. The van der Waals surface area contributed by atoms with Crippen molar-refractivity contribution in [2.45, 2.75) is 52.9 Å². The van der Waals surface area contributed by atoms with Crippen LogP contribution in [0, 0.1) is 11.8 Å².